The van der Waals surface area contributed by atoms with Crippen LogP contribution in [0.1, 0.15) is 57.9 Å². The zero-order chi connectivity index (χ0) is 39.2. The fourth-order valence-corrected chi connectivity index (χ4v) is 5.91. The van der Waals surface area contributed by atoms with E-state index in [0.717, 1.165) is 0 Å². The lowest BCUT2D eigenvalue weighted by Gasteiger charge is -2.28. The lowest BCUT2D eigenvalue weighted by Crippen LogP contribution is -2.60. The molecule has 0 fully saturated rings. The van der Waals surface area contributed by atoms with E-state index in [1.165, 1.54) is 23.5 Å². The number of thioether (sulfide) groups is 2. The van der Waals surface area contributed by atoms with E-state index in [0.29, 0.717) is 42.9 Å². The molecule has 0 aliphatic rings. The zero-order valence-corrected chi connectivity index (χ0v) is 31.9. The van der Waals surface area contributed by atoms with Gasteiger partial charge in [0, 0.05) is 6.42 Å². The summed E-state index contributed by atoms with van der Waals surface area (Å²) < 4.78 is 0. The van der Waals surface area contributed by atoms with E-state index in [4.69, 9.17) is 11.5 Å². The molecule has 5 amide bonds. The molecule has 0 aliphatic carbocycles. The van der Waals surface area contributed by atoms with Crippen LogP contribution in [0, 0.1) is 5.92 Å². The summed E-state index contributed by atoms with van der Waals surface area (Å²) >= 11 is 2.89. The van der Waals surface area contributed by atoms with Crippen molar-refractivity contribution in [3.8, 4) is 0 Å². The van der Waals surface area contributed by atoms with Crippen LogP contribution < -0.4 is 38.1 Å². The molecule has 0 unspecified atom stereocenters. The number of rotatable bonds is 26. The quantitative estimate of drug-likeness (QED) is 0.0555. The zero-order valence-electron chi connectivity index (χ0n) is 30.2. The number of amides is 5. The van der Waals surface area contributed by atoms with Crippen LogP contribution in [0.5, 0.6) is 0 Å². The molecule has 1 rings (SSSR count). The molecule has 0 saturated carbocycles. The lowest BCUT2D eigenvalue weighted by molar-refractivity contribution is -0.143. The molecule has 6 atom stereocenters. The third-order valence-electron chi connectivity index (χ3n) is 7.95. The van der Waals surface area contributed by atoms with Crippen LogP contribution in [-0.4, -0.2) is 119 Å². The van der Waals surface area contributed by atoms with E-state index in [9.17, 15) is 43.8 Å². The highest BCUT2D eigenvalue weighted by atomic mass is 32.2. The molecule has 0 heterocycles. The predicted octanol–water partition coefficient (Wildman–Crippen LogP) is -0.169. The largest absolute Gasteiger partial charge is 0.481 e. The van der Waals surface area contributed by atoms with Crippen molar-refractivity contribution in [1.82, 2.24) is 26.6 Å². The van der Waals surface area contributed by atoms with Gasteiger partial charge in [-0.25, -0.2) is 4.79 Å². The topological polar surface area (TPSA) is 272 Å². The smallest absolute Gasteiger partial charge is 0.326 e. The Labute approximate surface area is 313 Å². The van der Waals surface area contributed by atoms with Crippen LogP contribution in [-0.2, 0) is 40.0 Å². The molecule has 1 aromatic rings. The Morgan fingerprint density at radius 1 is 0.673 bits per heavy atom. The lowest BCUT2D eigenvalue weighted by atomic mass is 10.00. The Hall–Kier alpha value is -3.87. The van der Waals surface area contributed by atoms with Crippen molar-refractivity contribution in [2.45, 2.75) is 95.0 Å². The molecule has 18 heteroatoms. The van der Waals surface area contributed by atoms with E-state index < -0.39 is 90.1 Å². The summed E-state index contributed by atoms with van der Waals surface area (Å²) in [7, 11) is 0. The Kier molecular flexibility index (Phi) is 22.3. The minimum absolute atomic E-state index is 0.00346. The number of carbonyl (C=O) groups is 7. The van der Waals surface area contributed by atoms with Crippen molar-refractivity contribution in [1.29, 1.82) is 0 Å². The van der Waals surface area contributed by atoms with Crippen molar-refractivity contribution < 1.29 is 43.8 Å². The van der Waals surface area contributed by atoms with Gasteiger partial charge in [0.05, 0.1) is 12.5 Å². The third-order valence-corrected chi connectivity index (χ3v) is 9.24. The minimum atomic E-state index is -1.54. The van der Waals surface area contributed by atoms with Crippen molar-refractivity contribution in [3.05, 3.63) is 35.9 Å². The molecule has 0 aliphatic heterocycles. The maximum absolute atomic E-state index is 13.8. The fourth-order valence-electron chi connectivity index (χ4n) is 4.95. The van der Waals surface area contributed by atoms with Crippen molar-refractivity contribution in [2.24, 2.45) is 17.4 Å². The average Bonchev–Trinajstić information content (AvgIpc) is 3.09. The fraction of sp³-hybridized carbons (Fsp3) is 0.618. The number of carboxylic acids is 2. The van der Waals surface area contributed by atoms with E-state index in [-0.39, 0.29) is 19.3 Å². The second kappa shape index (κ2) is 25.2. The number of benzene rings is 1. The van der Waals surface area contributed by atoms with Crippen molar-refractivity contribution in [3.63, 3.8) is 0 Å². The van der Waals surface area contributed by atoms with Gasteiger partial charge in [-0.15, -0.1) is 0 Å². The van der Waals surface area contributed by atoms with Gasteiger partial charge in [0.15, 0.2) is 0 Å². The second-order valence-electron chi connectivity index (χ2n) is 12.6. The van der Waals surface area contributed by atoms with E-state index in [1.807, 2.05) is 12.5 Å². The molecule has 16 nitrogen and oxygen atoms in total. The molecule has 1 aromatic carbocycles. The first-order chi connectivity index (χ1) is 24.6. The Morgan fingerprint density at radius 3 is 1.77 bits per heavy atom. The summed E-state index contributed by atoms with van der Waals surface area (Å²) in [5, 5.41) is 31.9. The summed E-state index contributed by atoms with van der Waals surface area (Å²) in [5.41, 5.74) is 12.1. The summed E-state index contributed by atoms with van der Waals surface area (Å²) in [6.07, 6.45) is 4.54. The van der Waals surface area contributed by atoms with Gasteiger partial charge >= 0.3 is 11.9 Å². The van der Waals surface area contributed by atoms with Crippen molar-refractivity contribution >= 4 is 65.0 Å². The van der Waals surface area contributed by atoms with Crippen LogP contribution in [0.25, 0.3) is 0 Å². The SMILES string of the molecule is CSCC[C@H](NC(=O)[C@H](Cc1ccccc1)NC(=O)[C@@H](NC(=O)[C@H](CC(=O)O)NC(=O)[C@@H](N)CCSC)C(C)C)C(=O)N[C@@H](CCCCN)C(=O)O. The van der Waals surface area contributed by atoms with Gasteiger partial charge in [-0.05, 0) is 74.1 Å². The molecule has 11 N–H and O–H groups in total. The highest BCUT2D eigenvalue weighted by molar-refractivity contribution is 7.98. The first-order valence-corrected chi connectivity index (χ1v) is 19.9. The molecule has 292 valence electrons. The van der Waals surface area contributed by atoms with Gasteiger partial charge in [-0.3, -0.25) is 28.8 Å². The normalized spacial score (nSPS) is 14.5. The Morgan fingerprint density at radius 2 is 1.21 bits per heavy atom. The first kappa shape index (κ1) is 46.2. The highest BCUT2D eigenvalue weighted by Crippen LogP contribution is 2.11. The Bertz CT molecular complexity index is 1320. The number of carboxylic acid groups (broad SMARTS) is 2. The second-order valence-corrected chi connectivity index (χ2v) is 14.5. The van der Waals surface area contributed by atoms with Crippen LogP contribution in [0.15, 0.2) is 30.3 Å². The van der Waals surface area contributed by atoms with E-state index in [1.54, 1.807) is 44.2 Å². The van der Waals surface area contributed by atoms with Crippen LogP contribution in [0.4, 0.5) is 0 Å². The van der Waals surface area contributed by atoms with Gasteiger partial charge in [-0.1, -0.05) is 44.2 Å². The summed E-state index contributed by atoms with van der Waals surface area (Å²) in [5.74, 6) is -5.96. The summed E-state index contributed by atoms with van der Waals surface area (Å²) in [6.45, 7) is 3.64. The minimum Gasteiger partial charge on any atom is -0.481 e. The number of carbonyl (C=O) groups excluding carboxylic acids is 5. The number of hydrogen-bond donors (Lipinski definition) is 9. The van der Waals surface area contributed by atoms with Gasteiger partial charge < -0.3 is 48.3 Å². The molecule has 0 bridgehead atoms. The maximum atomic E-state index is 13.8. The first-order valence-electron chi connectivity index (χ1n) is 17.1. The summed E-state index contributed by atoms with van der Waals surface area (Å²) in [6, 6.07) is 1.41. The molecule has 52 heavy (non-hydrogen) atoms. The number of nitrogens with two attached hydrogens (primary N) is 2. The number of nitrogens with one attached hydrogen (secondary N) is 5. The predicted molar refractivity (Wildman–Crippen MR) is 201 cm³/mol. The standard InChI is InChI=1S/C34H55N7O9S2/c1-20(2)28(41-32(47)26(19-27(42)43)39-29(44)22(36)13-16-51-3)33(48)40-25(18-21-10-6-5-7-11-21)31(46)37-23(14-17-52-4)30(45)38-24(34(49)50)12-8-9-15-35/h5-7,10-11,20,22-26,28H,8-9,12-19,35-36H2,1-4H3,(H,37,46)(H,38,45)(H,39,44)(H,40,48)(H,41,47)(H,42,43)(H,49,50)/t22-,23-,24-,25-,26-,28-/m0/s1. The third kappa shape index (κ3) is 17.6. The summed E-state index contributed by atoms with van der Waals surface area (Å²) in [4.78, 5) is 90.4. The molecule has 0 aromatic heterocycles. The van der Waals surface area contributed by atoms with Crippen LogP contribution in [0.2, 0.25) is 0 Å². The molecular formula is C34H55N7O9S2. The monoisotopic (exact) mass is 769 g/mol. The van der Waals surface area contributed by atoms with Crippen LogP contribution in [0.3, 0.4) is 0 Å². The van der Waals surface area contributed by atoms with Crippen LogP contribution >= 0.6 is 23.5 Å². The average molecular weight is 770 g/mol. The number of unbranched alkanes of at least 4 members (excludes halogenated alkanes) is 1. The maximum Gasteiger partial charge on any atom is 0.326 e. The van der Waals surface area contributed by atoms with E-state index >= 15 is 0 Å². The highest BCUT2D eigenvalue weighted by Gasteiger charge is 2.34. The molecule has 0 saturated heterocycles. The van der Waals surface area contributed by atoms with E-state index in [2.05, 4.69) is 26.6 Å². The molecule has 0 spiro atoms. The molecule has 0 radical (unpaired) electrons. The van der Waals surface area contributed by atoms with Gasteiger partial charge in [0.2, 0.25) is 29.5 Å². The van der Waals surface area contributed by atoms with Gasteiger partial charge in [0.1, 0.15) is 30.2 Å². The molecular weight excluding hydrogens is 715 g/mol. The van der Waals surface area contributed by atoms with Crippen molar-refractivity contribution in [2.75, 3.05) is 30.6 Å². The number of hydrogen-bond acceptors (Lipinski definition) is 11. The Balaban J connectivity index is 3.29. The number of aliphatic carboxylic acids is 2. The van der Waals surface area contributed by atoms with Gasteiger partial charge in [0.25, 0.3) is 0 Å². The van der Waals surface area contributed by atoms with Gasteiger partial charge in [-0.2, -0.15) is 23.5 Å².